The lowest BCUT2D eigenvalue weighted by Gasteiger charge is -2.36. The van der Waals surface area contributed by atoms with Gasteiger partial charge in [0.05, 0.1) is 7.11 Å². The summed E-state index contributed by atoms with van der Waals surface area (Å²) in [7, 11) is 1.57. The van der Waals surface area contributed by atoms with Gasteiger partial charge in [-0.2, -0.15) is 0 Å². The molecule has 1 heterocycles. The monoisotopic (exact) mass is 346 g/mol. The Hall–Kier alpha value is -2.24. The maximum atomic E-state index is 12.4. The minimum absolute atomic E-state index is 0.0169. The largest absolute Gasteiger partial charge is 0.493 e. The Balaban J connectivity index is 1.46. The summed E-state index contributed by atoms with van der Waals surface area (Å²) < 4.78 is 10.8. The van der Waals surface area contributed by atoms with Crippen LogP contribution in [0, 0.1) is 5.92 Å². The van der Waals surface area contributed by atoms with Crippen molar-refractivity contribution in [3.8, 4) is 11.5 Å². The normalized spacial score (nSPS) is 18.3. The van der Waals surface area contributed by atoms with Crippen LogP contribution in [0.3, 0.4) is 0 Å². The Morgan fingerprint density at radius 1 is 1.00 bits per heavy atom. The molecule has 0 bridgehead atoms. The minimum atomic E-state index is -0.0566. The molecular formula is C19H26N2O4. The number of amides is 2. The van der Waals surface area contributed by atoms with Gasteiger partial charge in [0, 0.05) is 32.1 Å². The number of benzene rings is 1. The molecular weight excluding hydrogens is 320 g/mol. The molecule has 25 heavy (non-hydrogen) atoms. The number of nitrogens with zero attached hydrogens (tertiary/aromatic N) is 2. The summed E-state index contributed by atoms with van der Waals surface area (Å²) in [6, 6.07) is 7.28. The van der Waals surface area contributed by atoms with E-state index in [1.54, 1.807) is 24.1 Å². The summed E-state index contributed by atoms with van der Waals surface area (Å²) in [4.78, 5) is 28.5. The second-order valence-electron chi connectivity index (χ2n) is 6.63. The van der Waals surface area contributed by atoms with Crippen molar-refractivity contribution in [3.63, 3.8) is 0 Å². The van der Waals surface area contributed by atoms with Gasteiger partial charge in [0.2, 0.25) is 5.91 Å². The number of piperazine rings is 1. The molecule has 0 radical (unpaired) electrons. The van der Waals surface area contributed by atoms with Gasteiger partial charge >= 0.3 is 0 Å². The van der Waals surface area contributed by atoms with Gasteiger partial charge in [-0.25, -0.2) is 0 Å². The SMILES string of the molecule is COc1ccccc1OCC(=O)N1CCN(C(=O)C2CCCC2)CC1. The van der Waals surface area contributed by atoms with Crippen LogP contribution in [0.5, 0.6) is 11.5 Å². The third-order valence-electron chi connectivity index (χ3n) is 5.07. The lowest BCUT2D eigenvalue weighted by atomic mass is 10.1. The molecule has 2 amide bonds. The van der Waals surface area contributed by atoms with Gasteiger partial charge in [-0.1, -0.05) is 25.0 Å². The standard InChI is InChI=1S/C19H26N2O4/c1-24-16-8-4-5-9-17(16)25-14-18(22)20-10-12-21(13-11-20)19(23)15-6-2-3-7-15/h4-5,8-9,15H,2-3,6-7,10-14H2,1H3. The Morgan fingerprint density at radius 2 is 1.60 bits per heavy atom. The van der Waals surface area contributed by atoms with Gasteiger partial charge in [-0.05, 0) is 25.0 Å². The molecule has 0 spiro atoms. The molecule has 2 aliphatic rings. The summed E-state index contributed by atoms with van der Waals surface area (Å²) in [6.07, 6.45) is 4.36. The van der Waals surface area contributed by atoms with Gasteiger partial charge in [0.25, 0.3) is 5.91 Å². The Labute approximate surface area is 148 Å². The molecule has 6 nitrogen and oxygen atoms in total. The van der Waals surface area contributed by atoms with E-state index in [1.807, 2.05) is 17.0 Å². The predicted octanol–water partition coefficient (Wildman–Crippen LogP) is 1.93. The van der Waals surface area contributed by atoms with Crippen molar-refractivity contribution in [1.82, 2.24) is 9.80 Å². The molecule has 1 aliphatic carbocycles. The van der Waals surface area contributed by atoms with Crippen LogP contribution in [0.15, 0.2) is 24.3 Å². The fourth-order valence-corrected chi connectivity index (χ4v) is 3.58. The van der Waals surface area contributed by atoms with Crippen molar-refractivity contribution in [3.05, 3.63) is 24.3 Å². The summed E-state index contributed by atoms with van der Waals surface area (Å²) in [5.41, 5.74) is 0. The van der Waals surface area contributed by atoms with E-state index in [1.165, 1.54) is 0 Å². The fourth-order valence-electron chi connectivity index (χ4n) is 3.58. The maximum Gasteiger partial charge on any atom is 0.260 e. The first-order chi connectivity index (χ1) is 12.2. The average molecular weight is 346 g/mol. The molecule has 1 aromatic carbocycles. The molecule has 0 N–H and O–H groups in total. The highest BCUT2D eigenvalue weighted by Gasteiger charge is 2.30. The number of carbonyl (C=O) groups excluding carboxylic acids is 2. The Kier molecular flexibility index (Phi) is 5.79. The first-order valence-corrected chi connectivity index (χ1v) is 9.01. The van der Waals surface area contributed by atoms with Crippen LogP contribution in [0.1, 0.15) is 25.7 Å². The molecule has 0 aromatic heterocycles. The van der Waals surface area contributed by atoms with E-state index in [9.17, 15) is 9.59 Å². The van der Waals surface area contributed by atoms with Crippen molar-refractivity contribution >= 4 is 11.8 Å². The number of rotatable bonds is 5. The van der Waals surface area contributed by atoms with Crippen molar-refractivity contribution in [2.75, 3.05) is 39.9 Å². The number of hydrogen-bond donors (Lipinski definition) is 0. The van der Waals surface area contributed by atoms with Crippen LogP contribution in [0.2, 0.25) is 0 Å². The van der Waals surface area contributed by atoms with Gasteiger partial charge < -0.3 is 19.3 Å². The number of carbonyl (C=O) groups is 2. The van der Waals surface area contributed by atoms with Crippen LogP contribution >= 0.6 is 0 Å². The quantitative estimate of drug-likeness (QED) is 0.817. The Bertz CT molecular complexity index is 605. The fraction of sp³-hybridized carbons (Fsp3) is 0.579. The summed E-state index contributed by atoms with van der Waals surface area (Å²) in [5, 5.41) is 0. The zero-order valence-electron chi connectivity index (χ0n) is 14.8. The summed E-state index contributed by atoms with van der Waals surface area (Å²) >= 11 is 0. The highest BCUT2D eigenvalue weighted by atomic mass is 16.5. The average Bonchev–Trinajstić information content (AvgIpc) is 3.20. The van der Waals surface area contributed by atoms with Crippen molar-refractivity contribution < 1.29 is 19.1 Å². The van der Waals surface area contributed by atoms with Gasteiger partial charge in [0.1, 0.15) is 0 Å². The lowest BCUT2D eigenvalue weighted by molar-refractivity contribution is -0.142. The zero-order chi connectivity index (χ0) is 17.6. The molecule has 1 saturated heterocycles. The molecule has 0 unspecified atom stereocenters. The molecule has 136 valence electrons. The van der Waals surface area contributed by atoms with Crippen LogP contribution in [-0.2, 0) is 9.59 Å². The second-order valence-corrected chi connectivity index (χ2v) is 6.63. The zero-order valence-corrected chi connectivity index (χ0v) is 14.8. The number of hydrogen-bond acceptors (Lipinski definition) is 4. The third-order valence-corrected chi connectivity index (χ3v) is 5.07. The van der Waals surface area contributed by atoms with E-state index in [0.717, 1.165) is 25.7 Å². The van der Waals surface area contributed by atoms with Gasteiger partial charge in [-0.3, -0.25) is 9.59 Å². The van der Waals surface area contributed by atoms with Crippen LogP contribution in [-0.4, -0.2) is 61.5 Å². The molecule has 6 heteroatoms. The highest BCUT2D eigenvalue weighted by molar-refractivity contribution is 5.80. The molecule has 1 aromatic rings. The van der Waals surface area contributed by atoms with Gasteiger partial charge in [-0.15, -0.1) is 0 Å². The first kappa shape index (κ1) is 17.6. The minimum Gasteiger partial charge on any atom is -0.493 e. The van der Waals surface area contributed by atoms with E-state index in [4.69, 9.17) is 9.47 Å². The highest BCUT2D eigenvalue weighted by Crippen LogP contribution is 2.27. The molecule has 0 atom stereocenters. The number of ether oxygens (including phenoxy) is 2. The molecule has 1 aliphatic heterocycles. The summed E-state index contributed by atoms with van der Waals surface area (Å²) in [6.45, 7) is 2.38. The maximum absolute atomic E-state index is 12.4. The lowest BCUT2D eigenvalue weighted by Crippen LogP contribution is -2.52. The topological polar surface area (TPSA) is 59.1 Å². The Morgan fingerprint density at radius 3 is 2.24 bits per heavy atom. The first-order valence-electron chi connectivity index (χ1n) is 9.01. The van der Waals surface area contributed by atoms with E-state index in [2.05, 4.69) is 0 Å². The van der Waals surface area contributed by atoms with Crippen molar-refractivity contribution in [2.24, 2.45) is 5.92 Å². The van der Waals surface area contributed by atoms with Crippen LogP contribution in [0.4, 0.5) is 0 Å². The van der Waals surface area contributed by atoms with E-state index in [0.29, 0.717) is 37.7 Å². The van der Waals surface area contributed by atoms with Crippen LogP contribution < -0.4 is 9.47 Å². The van der Waals surface area contributed by atoms with E-state index in [-0.39, 0.29) is 24.3 Å². The van der Waals surface area contributed by atoms with Crippen LogP contribution in [0.25, 0.3) is 0 Å². The van der Waals surface area contributed by atoms with E-state index < -0.39 is 0 Å². The number of para-hydroxylation sites is 2. The molecule has 3 rings (SSSR count). The van der Waals surface area contributed by atoms with Gasteiger partial charge in [0.15, 0.2) is 18.1 Å². The smallest absolute Gasteiger partial charge is 0.260 e. The van der Waals surface area contributed by atoms with Crippen molar-refractivity contribution in [1.29, 1.82) is 0 Å². The third kappa shape index (κ3) is 4.24. The van der Waals surface area contributed by atoms with Crippen molar-refractivity contribution in [2.45, 2.75) is 25.7 Å². The number of methoxy groups -OCH3 is 1. The van der Waals surface area contributed by atoms with E-state index >= 15 is 0 Å². The second kappa shape index (κ2) is 8.23. The predicted molar refractivity (Wildman–Crippen MR) is 93.6 cm³/mol. The molecule has 1 saturated carbocycles. The molecule has 2 fully saturated rings. The summed E-state index contributed by atoms with van der Waals surface area (Å²) in [5.74, 6) is 1.60.